The summed E-state index contributed by atoms with van der Waals surface area (Å²) < 4.78 is 0. The van der Waals surface area contributed by atoms with Crippen molar-refractivity contribution in [1.82, 2.24) is 4.98 Å². The van der Waals surface area contributed by atoms with Crippen LogP contribution in [0.5, 0.6) is 0 Å². The lowest BCUT2D eigenvalue weighted by Gasteiger charge is -2.28. The maximum atomic E-state index is 11.9. The largest absolute Gasteiger partial charge is 0.477 e. The third-order valence-electron chi connectivity index (χ3n) is 2.90. The molecule has 1 heterocycles. The number of Topliss-reactive ketones (excluding diaryl/α,β-unsaturated/α-hetero) is 1. The van der Waals surface area contributed by atoms with E-state index in [2.05, 4.69) is 4.98 Å². The van der Waals surface area contributed by atoms with E-state index in [1.54, 1.807) is 0 Å². The lowest BCUT2D eigenvalue weighted by atomic mass is 9.76. The zero-order valence-electron chi connectivity index (χ0n) is 9.26. The quantitative estimate of drug-likeness (QED) is 0.670. The molecule has 0 spiro atoms. The van der Waals surface area contributed by atoms with Gasteiger partial charge in [-0.1, -0.05) is 13.8 Å². The average molecular weight is 222 g/mol. The summed E-state index contributed by atoms with van der Waals surface area (Å²) in [6.45, 7) is 3.95. The van der Waals surface area contributed by atoms with Gasteiger partial charge in [0.25, 0.3) is 0 Å². The van der Waals surface area contributed by atoms with Gasteiger partial charge in [-0.3, -0.25) is 4.79 Å². The SMILES string of the molecule is CC1(C)CC(=O)c2c([nH]c(C(=O)O)c2N)C1. The molecule has 1 aromatic rings. The number of rotatable bonds is 1. The Hall–Kier alpha value is -1.78. The van der Waals surface area contributed by atoms with Gasteiger partial charge in [0.15, 0.2) is 5.78 Å². The molecule has 0 unspecified atom stereocenters. The second kappa shape index (κ2) is 3.10. The van der Waals surface area contributed by atoms with Crippen molar-refractivity contribution in [3.8, 4) is 0 Å². The summed E-state index contributed by atoms with van der Waals surface area (Å²) in [5, 5.41) is 8.91. The van der Waals surface area contributed by atoms with Crippen LogP contribution in [0.1, 0.15) is 46.8 Å². The Balaban J connectivity index is 2.58. The molecule has 0 aromatic carbocycles. The highest BCUT2D eigenvalue weighted by atomic mass is 16.4. The van der Waals surface area contributed by atoms with Gasteiger partial charge < -0.3 is 15.8 Å². The molecule has 0 saturated carbocycles. The number of hydrogen-bond donors (Lipinski definition) is 3. The first-order valence-corrected chi connectivity index (χ1v) is 5.08. The highest BCUT2D eigenvalue weighted by Crippen LogP contribution is 2.37. The molecule has 0 atom stereocenters. The number of carboxylic acid groups (broad SMARTS) is 1. The van der Waals surface area contributed by atoms with Gasteiger partial charge in [-0.15, -0.1) is 0 Å². The molecule has 4 N–H and O–H groups in total. The van der Waals surface area contributed by atoms with E-state index in [4.69, 9.17) is 10.8 Å². The third kappa shape index (κ3) is 1.48. The molecule has 0 aliphatic heterocycles. The molecular formula is C11H14N2O3. The number of carbonyl (C=O) groups excluding carboxylic acids is 1. The summed E-state index contributed by atoms with van der Waals surface area (Å²) in [4.78, 5) is 25.5. The zero-order valence-corrected chi connectivity index (χ0v) is 9.26. The predicted molar refractivity (Wildman–Crippen MR) is 58.6 cm³/mol. The van der Waals surface area contributed by atoms with Gasteiger partial charge in [0.05, 0.1) is 11.3 Å². The summed E-state index contributed by atoms with van der Waals surface area (Å²) in [6, 6.07) is 0. The van der Waals surface area contributed by atoms with Crippen LogP contribution in [-0.4, -0.2) is 21.8 Å². The van der Waals surface area contributed by atoms with Crippen LogP contribution < -0.4 is 5.73 Å². The van der Waals surface area contributed by atoms with Gasteiger partial charge in [-0.25, -0.2) is 4.79 Å². The monoisotopic (exact) mass is 222 g/mol. The van der Waals surface area contributed by atoms with Crippen LogP contribution in [0.15, 0.2) is 0 Å². The van der Waals surface area contributed by atoms with Crippen molar-refractivity contribution in [2.24, 2.45) is 5.41 Å². The number of ketones is 1. The number of hydrogen-bond acceptors (Lipinski definition) is 3. The van der Waals surface area contributed by atoms with Gasteiger partial charge in [0.1, 0.15) is 5.69 Å². The molecule has 5 nitrogen and oxygen atoms in total. The first-order valence-electron chi connectivity index (χ1n) is 5.08. The number of H-pyrrole nitrogens is 1. The maximum Gasteiger partial charge on any atom is 0.354 e. The summed E-state index contributed by atoms with van der Waals surface area (Å²) in [7, 11) is 0. The fourth-order valence-corrected chi connectivity index (χ4v) is 2.25. The first kappa shape index (κ1) is 10.7. The minimum atomic E-state index is -1.13. The number of anilines is 1. The molecule has 0 saturated heterocycles. The van der Waals surface area contributed by atoms with E-state index in [0.717, 1.165) is 0 Å². The predicted octanol–water partition coefficient (Wildman–Crippen LogP) is 1.45. The molecule has 0 radical (unpaired) electrons. The van der Waals surface area contributed by atoms with Crippen molar-refractivity contribution in [2.75, 3.05) is 5.73 Å². The van der Waals surface area contributed by atoms with Gasteiger partial charge >= 0.3 is 5.97 Å². The molecule has 0 amide bonds. The molecule has 16 heavy (non-hydrogen) atoms. The van der Waals surface area contributed by atoms with E-state index in [-0.39, 0.29) is 22.6 Å². The number of fused-ring (bicyclic) bond motifs is 1. The van der Waals surface area contributed by atoms with Crippen LogP contribution in [0, 0.1) is 5.41 Å². The van der Waals surface area contributed by atoms with E-state index >= 15 is 0 Å². The fourth-order valence-electron chi connectivity index (χ4n) is 2.25. The van der Waals surface area contributed by atoms with E-state index in [9.17, 15) is 9.59 Å². The number of carbonyl (C=O) groups is 2. The highest BCUT2D eigenvalue weighted by Gasteiger charge is 2.35. The van der Waals surface area contributed by atoms with Crippen LogP contribution in [0.4, 0.5) is 5.69 Å². The van der Waals surface area contributed by atoms with Crippen molar-refractivity contribution in [2.45, 2.75) is 26.7 Å². The second-order valence-electron chi connectivity index (χ2n) is 5.01. The van der Waals surface area contributed by atoms with Crippen LogP contribution in [-0.2, 0) is 6.42 Å². The summed E-state index contributed by atoms with van der Waals surface area (Å²) >= 11 is 0. The summed E-state index contributed by atoms with van der Waals surface area (Å²) in [6.07, 6.45) is 1.05. The van der Waals surface area contributed by atoms with E-state index in [0.29, 0.717) is 24.1 Å². The van der Waals surface area contributed by atoms with Gasteiger partial charge in [0.2, 0.25) is 0 Å². The van der Waals surface area contributed by atoms with Crippen molar-refractivity contribution in [3.05, 3.63) is 17.0 Å². The first-order chi connectivity index (χ1) is 7.32. The molecule has 0 fully saturated rings. The minimum Gasteiger partial charge on any atom is -0.477 e. The normalized spacial score (nSPS) is 18.2. The van der Waals surface area contributed by atoms with Crippen molar-refractivity contribution in [3.63, 3.8) is 0 Å². The Morgan fingerprint density at radius 1 is 1.44 bits per heavy atom. The summed E-state index contributed by atoms with van der Waals surface area (Å²) in [5.41, 5.74) is 6.55. The lowest BCUT2D eigenvalue weighted by molar-refractivity contribution is 0.0691. The van der Waals surface area contributed by atoms with E-state index in [1.807, 2.05) is 13.8 Å². The van der Waals surface area contributed by atoms with E-state index in [1.165, 1.54) is 0 Å². The van der Waals surface area contributed by atoms with Gasteiger partial charge in [0, 0.05) is 12.1 Å². The molecule has 5 heteroatoms. The van der Waals surface area contributed by atoms with Crippen LogP contribution in [0.2, 0.25) is 0 Å². The Kier molecular flexibility index (Phi) is 2.08. The number of nitrogens with two attached hydrogens (primary N) is 1. The number of aromatic nitrogens is 1. The Morgan fingerprint density at radius 2 is 2.06 bits per heavy atom. The Bertz CT molecular complexity index is 486. The molecule has 0 bridgehead atoms. The topological polar surface area (TPSA) is 96.2 Å². The van der Waals surface area contributed by atoms with Crippen LogP contribution in [0.25, 0.3) is 0 Å². The molecule has 2 rings (SSSR count). The van der Waals surface area contributed by atoms with Crippen molar-refractivity contribution >= 4 is 17.4 Å². The number of carboxylic acids is 1. The van der Waals surface area contributed by atoms with Crippen molar-refractivity contribution < 1.29 is 14.7 Å². The number of nitrogen functional groups attached to an aromatic ring is 1. The Labute approximate surface area is 92.6 Å². The third-order valence-corrected chi connectivity index (χ3v) is 2.90. The number of aromatic carboxylic acids is 1. The lowest BCUT2D eigenvalue weighted by Crippen LogP contribution is -2.26. The van der Waals surface area contributed by atoms with Crippen molar-refractivity contribution in [1.29, 1.82) is 0 Å². The van der Waals surface area contributed by atoms with Gasteiger partial charge in [-0.2, -0.15) is 0 Å². The second-order valence-corrected chi connectivity index (χ2v) is 5.01. The molecule has 1 aliphatic carbocycles. The maximum absolute atomic E-state index is 11.9. The standard InChI is InChI=1S/C11H14N2O3/c1-11(2)3-5-7(6(14)4-11)8(12)9(13-5)10(15)16/h13H,3-4,12H2,1-2H3,(H,15,16). The molecular weight excluding hydrogens is 208 g/mol. The fraction of sp³-hybridized carbons (Fsp3) is 0.455. The zero-order chi connectivity index (χ0) is 12.1. The average Bonchev–Trinajstić information content (AvgIpc) is 2.40. The number of aromatic amines is 1. The number of nitrogens with one attached hydrogen (secondary N) is 1. The van der Waals surface area contributed by atoms with Crippen LogP contribution in [0.3, 0.4) is 0 Å². The smallest absolute Gasteiger partial charge is 0.354 e. The summed E-state index contributed by atoms with van der Waals surface area (Å²) in [5.74, 6) is -1.20. The van der Waals surface area contributed by atoms with E-state index < -0.39 is 5.97 Å². The highest BCUT2D eigenvalue weighted by molar-refractivity contribution is 6.08. The van der Waals surface area contributed by atoms with Crippen LogP contribution >= 0.6 is 0 Å². The minimum absolute atomic E-state index is 0.0722. The molecule has 86 valence electrons. The molecule has 1 aliphatic rings. The molecule has 1 aromatic heterocycles. The van der Waals surface area contributed by atoms with Gasteiger partial charge in [-0.05, 0) is 11.8 Å². The Morgan fingerprint density at radius 3 is 2.62 bits per heavy atom.